The fourth-order valence-corrected chi connectivity index (χ4v) is 24.7. The molecule has 0 bridgehead atoms. The zero-order valence-corrected chi connectivity index (χ0v) is 99.4. The Bertz CT molecular complexity index is 2100. The van der Waals surface area contributed by atoms with Crippen molar-refractivity contribution in [1.29, 1.82) is 0 Å². The van der Waals surface area contributed by atoms with Crippen LogP contribution in [-0.2, 0) is 0 Å². The lowest BCUT2D eigenvalue weighted by molar-refractivity contribution is 0.308. The van der Waals surface area contributed by atoms with Gasteiger partial charge < -0.3 is 0 Å². The Labute approximate surface area is 892 Å². The van der Waals surface area contributed by atoms with E-state index in [9.17, 15) is 0 Å². The summed E-state index contributed by atoms with van der Waals surface area (Å²) in [5.74, 6) is 3.91. The molecule has 0 amide bonds. The molecule has 0 saturated heterocycles. The van der Waals surface area contributed by atoms with Crippen LogP contribution in [0.15, 0.2) is 25.3 Å². The number of hydrogen-bond acceptors (Lipinski definition) is 0. The van der Waals surface area contributed by atoms with Crippen molar-refractivity contribution in [3.8, 4) is 0 Å². The Balaban J connectivity index is 4.64. The fraction of sp³-hybridized carbons (Fsp3) is 0.971. The van der Waals surface area contributed by atoms with Gasteiger partial charge in [-0.25, -0.2) is 0 Å². The molecule has 0 aromatic heterocycles. The predicted molar refractivity (Wildman–Crippen MR) is 648 cm³/mol. The van der Waals surface area contributed by atoms with E-state index in [0.29, 0.717) is 0 Å². The van der Waals surface area contributed by atoms with E-state index in [1.165, 1.54) is 783 Å². The maximum Gasteiger partial charge on any atom is -0.0351 e. The van der Waals surface area contributed by atoms with Gasteiger partial charge in [-0.2, -0.15) is 0 Å². The van der Waals surface area contributed by atoms with Crippen LogP contribution in [0.3, 0.4) is 0 Å². The topological polar surface area (TPSA) is 0 Å². The Morgan fingerprint density at radius 1 is 0.0929 bits per heavy atom. The molecule has 0 spiro atoms. The van der Waals surface area contributed by atoms with E-state index in [1.54, 1.807) is 38.5 Å². The van der Waals surface area contributed by atoms with E-state index in [4.69, 9.17) is 0 Å². The van der Waals surface area contributed by atoms with Crippen LogP contribution in [-0.4, -0.2) is 0 Å². The molecule has 0 aromatic carbocycles. The van der Waals surface area contributed by atoms with Crippen molar-refractivity contribution in [2.45, 2.75) is 850 Å². The van der Waals surface area contributed by atoms with Crippen LogP contribution in [0.4, 0.5) is 0 Å². The lowest BCUT2D eigenvalue weighted by Gasteiger charge is -2.22. The molecule has 0 aliphatic rings. The van der Waals surface area contributed by atoms with Crippen molar-refractivity contribution in [3.05, 3.63) is 25.3 Å². The summed E-state index contributed by atoms with van der Waals surface area (Å²) in [6.45, 7) is 17.5. The van der Waals surface area contributed by atoms with Crippen molar-refractivity contribution in [3.63, 3.8) is 0 Å². The van der Waals surface area contributed by atoms with Crippen LogP contribution in [0.2, 0.25) is 0 Å². The van der Waals surface area contributed by atoms with Crippen LogP contribution in [0.1, 0.15) is 850 Å². The normalized spacial score (nSPS) is 12.7. The van der Waals surface area contributed by atoms with E-state index in [2.05, 4.69) is 53.0 Å². The molecule has 4 unspecified atom stereocenters. The molecule has 0 nitrogen and oxygen atoms in total. The average Bonchev–Trinajstić information content (AvgIpc) is 0.952. The second-order valence-electron chi connectivity index (χ2n) is 49.0. The van der Waals surface area contributed by atoms with Gasteiger partial charge in [0, 0.05) is 0 Å². The molecule has 0 heteroatoms. The van der Waals surface area contributed by atoms with Gasteiger partial charge in [-0.1, -0.05) is 836 Å². The molecular formula is C140H278. The molecule has 140 heavy (non-hydrogen) atoms. The first-order chi connectivity index (χ1) is 69.6. The van der Waals surface area contributed by atoms with Gasteiger partial charge >= 0.3 is 0 Å². The smallest absolute Gasteiger partial charge is 0.0351 e. The largest absolute Gasteiger partial charge is 0.103 e. The Morgan fingerprint density at radius 2 is 0.164 bits per heavy atom. The maximum absolute atomic E-state index is 4.10. The van der Waals surface area contributed by atoms with Gasteiger partial charge in [-0.15, -0.1) is 13.2 Å². The number of unbranched alkanes of at least 4 members (excludes halogenated alkanes) is 108. The highest BCUT2D eigenvalue weighted by Gasteiger charge is 2.17. The SMILES string of the molecule is C=CCCC(CCCCCCCCC)CCCCCCCCCCCCCCCCCCCCCCCCCCCCCCCCCCC(CCCCCCCCCCCCCCCCCCCC)CCC(CCCCCCCCCCCCCCCCC)CCCCCCCCCCCCCCCCCCCCC(CCC=C)CCCCCCCCCCCCCCCCCCCCCCCCCC. The molecular weight excluding hydrogens is 1680 g/mol. The average molecular weight is 1960 g/mol. The zero-order chi connectivity index (χ0) is 100. The van der Waals surface area contributed by atoms with Gasteiger partial charge in [0.2, 0.25) is 0 Å². The van der Waals surface area contributed by atoms with Gasteiger partial charge in [0.25, 0.3) is 0 Å². The number of hydrogen-bond donors (Lipinski definition) is 0. The standard InChI is InChI=1S/C140H278/c1-7-13-19-23-27-30-33-36-39-41-43-44-45-56-59-62-68-75-82-88-95-103-111-119-129-138(126-18-12-6)130-120-112-104-96-89-83-76-71-65-66-72-79-86-93-100-108-116-124-132-139(131-121-113-105-97-90-80-73-38-35-32-29-25-21-15-9-3)135-136-140(133-122-114-106-98-91-84-77-67-42-40-37-34-31-28-24-20-14-8-2)134-123-115-107-99-92-85-78-70-64-61-58-55-53-51-49-47-46-48-50-52-54-57-60-63-69-74-81-87-94-102-110-118-128-137(125-17-11-5)127-117-109-101-26-22-16-10-4/h11-12,137-140H,5-10,13-136H2,1-4H3. The number of rotatable bonds is 133. The third kappa shape index (κ3) is 123. The zero-order valence-electron chi connectivity index (χ0n) is 99.4. The molecule has 838 valence electrons. The predicted octanol–water partition coefficient (Wildman–Crippen LogP) is 53.8. The van der Waals surface area contributed by atoms with E-state index in [0.717, 1.165) is 23.7 Å². The lowest BCUT2D eigenvalue weighted by atomic mass is 9.84. The second kappa shape index (κ2) is 131. The first-order valence-corrected chi connectivity index (χ1v) is 68.9. The van der Waals surface area contributed by atoms with Crippen molar-refractivity contribution in [2.75, 3.05) is 0 Å². The Hall–Kier alpha value is -0.520. The van der Waals surface area contributed by atoms with E-state index in [1.807, 2.05) is 0 Å². The number of allylic oxidation sites excluding steroid dienone is 2. The summed E-state index contributed by atoms with van der Waals surface area (Å²) >= 11 is 0. The quantitative estimate of drug-likeness (QED) is 0.0421. The van der Waals surface area contributed by atoms with Crippen LogP contribution < -0.4 is 0 Å². The van der Waals surface area contributed by atoms with E-state index < -0.39 is 0 Å². The summed E-state index contributed by atoms with van der Waals surface area (Å²) < 4.78 is 0. The summed E-state index contributed by atoms with van der Waals surface area (Å²) in [6.07, 6.45) is 194. The second-order valence-corrected chi connectivity index (χ2v) is 49.0. The summed E-state index contributed by atoms with van der Waals surface area (Å²) in [4.78, 5) is 0. The highest BCUT2D eigenvalue weighted by Crippen LogP contribution is 2.34. The first-order valence-electron chi connectivity index (χ1n) is 68.9. The van der Waals surface area contributed by atoms with Crippen molar-refractivity contribution >= 4 is 0 Å². The highest BCUT2D eigenvalue weighted by molar-refractivity contribution is 4.74. The van der Waals surface area contributed by atoms with Crippen LogP contribution in [0.5, 0.6) is 0 Å². The van der Waals surface area contributed by atoms with E-state index in [-0.39, 0.29) is 0 Å². The summed E-state index contributed by atoms with van der Waals surface area (Å²) in [6, 6.07) is 0. The minimum Gasteiger partial charge on any atom is -0.103 e. The molecule has 0 aromatic rings. The minimum absolute atomic E-state index is 0.951. The van der Waals surface area contributed by atoms with Crippen LogP contribution >= 0.6 is 0 Å². The van der Waals surface area contributed by atoms with Gasteiger partial charge in [-0.05, 0) is 49.4 Å². The fourth-order valence-electron chi connectivity index (χ4n) is 24.7. The summed E-state index contributed by atoms with van der Waals surface area (Å²) in [5, 5.41) is 0. The minimum atomic E-state index is 0.951. The maximum atomic E-state index is 4.10. The Morgan fingerprint density at radius 3 is 0.243 bits per heavy atom. The Kier molecular flexibility index (Phi) is 130. The van der Waals surface area contributed by atoms with Crippen molar-refractivity contribution < 1.29 is 0 Å². The van der Waals surface area contributed by atoms with Crippen LogP contribution in [0, 0.1) is 23.7 Å². The molecule has 0 aliphatic heterocycles. The molecule has 0 N–H and O–H groups in total. The van der Waals surface area contributed by atoms with Gasteiger partial charge in [-0.3, -0.25) is 0 Å². The molecule has 0 aliphatic carbocycles. The first kappa shape index (κ1) is 139. The molecule has 0 rings (SSSR count). The summed E-state index contributed by atoms with van der Waals surface area (Å²) in [7, 11) is 0. The molecule has 4 atom stereocenters. The third-order valence-corrected chi connectivity index (χ3v) is 34.9. The lowest BCUT2D eigenvalue weighted by Crippen LogP contribution is -2.07. The molecule has 0 heterocycles. The van der Waals surface area contributed by atoms with Crippen molar-refractivity contribution in [1.82, 2.24) is 0 Å². The van der Waals surface area contributed by atoms with Crippen LogP contribution in [0.25, 0.3) is 0 Å². The van der Waals surface area contributed by atoms with E-state index >= 15 is 0 Å². The monoisotopic (exact) mass is 1960 g/mol. The van der Waals surface area contributed by atoms with Gasteiger partial charge in [0.1, 0.15) is 0 Å². The summed E-state index contributed by atoms with van der Waals surface area (Å²) in [5.41, 5.74) is 0. The molecule has 0 fully saturated rings. The molecule has 0 saturated carbocycles. The highest BCUT2D eigenvalue weighted by atomic mass is 14.2. The van der Waals surface area contributed by atoms with Crippen molar-refractivity contribution in [2.24, 2.45) is 23.7 Å². The van der Waals surface area contributed by atoms with Gasteiger partial charge in [0.05, 0.1) is 0 Å². The molecule has 0 radical (unpaired) electrons. The van der Waals surface area contributed by atoms with Gasteiger partial charge in [0.15, 0.2) is 0 Å². The third-order valence-electron chi connectivity index (χ3n) is 34.9.